The van der Waals surface area contributed by atoms with E-state index in [9.17, 15) is 8.42 Å². The molecule has 2 aliphatic rings. The van der Waals surface area contributed by atoms with Crippen molar-refractivity contribution in [3.63, 3.8) is 0 Å². The average Bonchev–Trinajstić information content (AvgIpc) is 3.29. The van der Waals surface area contributed by atoms with Crippen LogP contribution in [0, 0.1) is 11.8 Å². The Bertz CT molecular complexity index is 867. The summed E-state index contributed by atoms with van der Waals surface area (Å²) in [7, 11) is -3.23. The molecule has 8 heteroatoms. The van der Waals surface area contributed by atoms with Gasteiger partial charge in [-0.15, -0.1) is 0 Å². The van der Waals surface area contributed by atoms with Gasteiger partial charge in [-0.25, -0.2) is 13.4 Å². The van der Waals surface area contributed by atoms with Gasteiger partial charge in [0.1, 0.15) is 11.6 Å². The summed E-state index contributed by atoms with van der Waals surface area (Å²) in [6, 6.07) is 9.93. The Morgan fingerprint density at radius 1 is 1.19 bits per heavy atom. The summed E-state index contributed by atoms with van der Waals surface area (Å²) in [4.78, 5) is 6.87. The fourth-order valence-electron chi connectivity index (χ4n) is 4.41. The number of rotatable bonds is 5. The van der Waals surface area contributed by atoms with Crippen molar-refractivity contribution >= 4 is 10.0 Å². The Labute approximate surface area is 154 Å². The van der Waals surface area contributed by atoms with Gasteiger partial charge in [0.2, 0.25) is 10.0 Å². The molecule has 1 aromatic carbocycles. The quantitative estimate of drug-likeness (QED) is 0.855. The highest BCUT2D eigenvalue weighted by Gasteiger charge is 2.50. The van der Waals surface area contributed by atoms with Crippen LogP contribution in [0.2, 0.25) is 0 Å². The van der Waals surface area contributed by atoms with Crippen LogP contribution in [0.4, 0.5) is 0 Å². The van der Waals surface area contributed by atoms with Crippen molar-refractivity contribution in [2.45, 2.75) is 25.9 Å². The number of benzene rings is 1. The minimum Gasteiger partial charge on any atom is -0.295 e. The maximum absolute atomic E-state index is 12.3. The molecule has 0 spiro atoms. The third kappa shape index (κ3) is 3.28. The summed E-state index contributed by atoms with van der Waals surface area (Å²) in [5.74, 6) is 2.38. The largest absolute Gasteiger partial charge is 0.295 e. The zero-order chi connectivity index (χ0) is 18.3. The first-order chi connectivity index (χ1) is 12.5. The Morgan fingerprint density at radius 3 is 2.62 bits per heavy atom. The predicted molar refractivity (Wildman–Crippen MR) is 98.8 cm³/mol. The number of aromatic nitrogens is 3. The summed E-state index contributed by atoms with van der Waals surface area (Å²) < 4.78 is 26.4. The van der Waals surface area contributed by atoms with Gasteiger partial charge in [0.25, 0.3) is 0 Å². The number of aryl methyl sites for hydroxylation is 1. The molecule has 3 atom stereocenters. The molecule has 4 rings (SSSR count). The Kier molecular flexibility index (Phi) is 4.58. The van der Waals surface area contributed by atoms with Crippen LogP contribution in [0.5, 0.6) is 0 Å². The highest BCUT2D eigenvalue weighted by Crippen LogP contribution is 2.46. The van der Waals surface area contributed by atoms with E-state index in [2.05, 4.69) is 20.1 Å². The number of H-pyrrole nitrogens is 1. The number of hydrogen-bond donors (Lipinski definition) is 1. The normalized spacial score (nSPS) is 27.1. The van der Waals surface area contributed by atoms with Crippen molar-refractivity contribution in [2.75, 3.05) is 25.9 Å². The molecule has 0 saturated carbocycles. The molecule has 0 radical (unpaired) electrons. The van der Waals surface area contributed by atoms with E-state index >= 15 is 0 Å². The average molecular weight is 375 g/mol. The first-order valence-electron chi connectivity index (χ1n) is 9.10. The van der Waals surface area contributed by atoms with E-state index < -0.39 is 10.0 Å². The molecule has 2 aliphatic heterocycles. The molecule has 2 fully saturated rings. The fraction of sp³-hybridized carbons (Fsp3) is 0.556. The highest BCUT2D eigenvalue weighted by molar-refractivity contribution is 7.88. The molecule has 26 heavy (non-hydrogen) atoms. The Balaban J connectivity index is 1.55. The SMILES string of the molecule is CCc1n[nH]c(CN2C[C@@H]3CN(S(C)(=O)=O)[C@@H](c4ccccc4)[C@@H]3C2)n1. The minimum atomic E-state index is -3.23. The summed E-state index contributed by atoms with van der Waals surface area (Å²) in [6.07, 6.45) is 2.14. The van der Waals surface area contributed by atoms with E-state index in [0.717, 1.165) is 43.3 Å². The number of likely N-dealkylation sites (tertiary alicyclic amines) is 1. The Morgan fingerprint density at radius 2 is 1.96 bits per heavy atom. The van der Waals surface area contributed by atoms with Gasteiger partial charge in [0, 0.05) is 26.1 Å². The van der Waals surface area contributed by atoms with Crippen molar-refractivity contribution in [3.05, 3.63) is 47.5 Å². The van der Waals surface area contributed by atoms with Crippen molar-refractivity contribution in [3.8, 4) is 0 Å². The zero-order valence-corrected chi connectivity index (χ0v) is 16.0. The molecule has 0 amide bonds. The first-order valence-corrected chi connectivity index (χ1v) is 10.9. The van der Waals surface area contributed by atoms with Crippen LogP contribution >= 0.6 is 0 Å². The second-order valence-electron chi connectivity index (χ2n) is 7.36. The summed E-state index contributed by atoms with van der Waals surface area (Å²) in [5, 5.41) is 7.22. The van der Waals surface area contributed by atoms with Crippen LogP contribution in [0.1, 0.15) is 30.2 Å². The fourth-order valence-corrected chi connectivity index (χ4v) is 5.56. The van der Waals surface area contributed by atoms with Gasteiger partial charge in [-0.05, 0) is 17.4 Å². The molecule has 140 valence electrons. The van der Waals surface area contributed by atoms with Gasteiger partial charge in [-0.1, -0.05) is 37.3 Å². The van der Waals surface area contributed by atoms with Crippen LogP contribution in [0.3, 0.4) is 0 Å². The van der Waals surface area contributed by atoms with Gasteiger partial charge in [-0.2, -0.15) is 9.40 Å². The standard InChI is InChI=1S/C18H25N5O2S/c1-3-16-19-17(21-20-16)12-22-9-14-10-23(26(2,24)25)18(15(14)11-22)13-7-5-4-6-8-13/h4-8,14-15,18H,3,9-12H2,1-2H3,(H,19,20,21)/t14-,15-,18+/m1/s1. The van der Waals surface area contributed by atoms with E-state index in [0.29, 0.717) is 18.4 Å². The third-order valence-corrected chi connectivity index (χ3v) is 6.76. The molecule has 0 aliphatic carbocycles. The van der Waals surface area contributed by atoms with Gasteiger partial charge in [-0.3, -0.25) is 10.00 Å². The second-order valence-corrected chi connectivity index (χ2v) is 9.29. The Hall–Kier alpha value is -1.77. The van der Waals surface area contributed by atoms with Crippen molar-refractivity contribution in [1.29, 1.82) is 0 Å². The van der Waals surface area contributed by atoms with Crippen LogP contribution < -0.4 is 0 Å². The lowest BCUT2D eigenvalue weighted by Crippen LogP contribution is -2.35. The number of sulfonamides is 1. The van der Waals surface area contributed by atoms with E-state index in [-0.39, 0.29) is 6.04 Å². The molecule has 2 aromatic rings. The van der Waals surface area contributed by atoms with Gasteiger partial charge in [0.15, 0.2) is 0 Å². The van der Waals surface area contributed by atoms with Crippen LogP contribution in [-0.4, -0.2) is 58.7 Å². The summed E-state index contributed by atoms with van der Waals surface area (Å²) in [5.41, 5.74) is 1.08. The lowest BCUT2D eigenvalue weighted by Gasteiger charge is -2.28. The number of nitrogens with one attached hydrogen (secondary N) is 1. The molecule has 7 nitrogen and oxygen atoms in total. The number of hydrogen-bond acceptors (Lipinski definition) is 5. The van der Waals surface area contributed by atoms with Crippen LogP contribution in [0.25, 0.3) is 0 Å². The highest BCUT2D eigenvalue weighted by atomic mass is 32.2. The number of fused-ring (bicyclic) bond motifs is 1. The number of aromatic amines is 1. The topological polar surface area (TPSA) is 82.2 Å². The number of nitrogens with zero attached hydrogens (tertiary/aromatic N) is 4. The first kappa shape index (κ1) is 17.6. The minimum absolute atomic E-state index is 0.0814. The molecule has 3 heterocycles. The zero-order valence-electron chi connectivity index (χ0n) is 15.2. The van der Waals surface area contributed by atoms with Crippen LogP contribution in [0.15, 0.2) is 30.3 Å². The molecule has 1 N–H and O–H groups in total. The molecular formula is C18H25N5O2S. The molecule has 0 unspecified atom stereocenters. The second kappa shape index (κ2) is 6.75. The van der Waals surface area contributed by atoms with Gasteiger partial charge in [0.05, 0.1) is 18.8 Å². The third-order valence-electron chi connectivity index (χ3n) is 5.53. The van der Waals surface area contributed by atoms with E-state index in [4.69, 9.17) is 0 Å². The van der Waals surface area contributed by atoms with Crippen LogP contribution in [-0.2, 0) is 23.0 Å². The molecule has 2 saturated heterocycles. The monoisotopic (exact) mass is 375 g/mol. The van der Waals surface area contributed by atoms with Crippen molar-refractivity contribution in [1.82, 2.24) is 24.4 Å². The smallest absolute Gasteiger partial charge is 0.211 e. The van der Waals surface area contributed by atoms with Crippen molar-refractivity contribution < 1.29 is 8.42 Å². The molecule has 0 bridgehead atoms. The maximum atomic E-state index is 12.3. The summed E-state index contributed by atoms with van der Waals surface area (Å²) in [6.45, 7) is 5.13. The maximum Gasteiger partial charge on any atom is 0.211 e. The van der Waals surface area contributed by atoms with E-state index in [1.165, 1.54) is 6.26 Å². The van der Waals surface area contributed by atoms with Gasteiger partial charge >= 0.3 is 0 Å². The predicted octanol–water partition coefficient (Wildman–Crippen LogP) is 1.43. The summed E-state index contributed by atoms with van der Waals surface area (Å²) >= 11 is 0. The van der Waals surface area contributed by atoms with Crippen molar-refractivity contribution in [2.24, 2.45) is 11.8 Å². The van der Waals surface area contributed by atoms with Gasteiger partial charge < -0.3 is 0 Å². The lowest BCUT2D eigenvalue weighted by atomic mass is 9.90. The lowest BCUT2D eigenvalue weighted by molar-refractivity contribution is 0.256. The molecule has 1 aromatic heterocycles. The van der Waals surface area contributed by atoms with E-state index in [1.54, 1.807) is 4.31 Å². The molecular weight excluding hydrogens is 350 g/mol. The van der Waals surface area contributed by atoms with E-state index in [1.807, 2.05) is 37.3 Å².